The summed E-state index contributed by atoms with van der Waals surface area (Å²) < 4.78 is 1.77. The number of aromatic nitrogens is 2. The van der Waals surface area contributed by atoms with Crippen LogP contribution in [0.4, 0.5) is 0 Å². The molecule has 2 aromatic carbocycles. The van der Waals surface area contributed by atoms with Crippen LogP contribution >= 0.6 is 23.1 Å². The van der Waals surface area contributed by atoms with Gasteiger partial charge in [-0.2, -0.15) is 0 Å². The number of thioether (sulfide) groups is 1. The van der Waals surface area contributed by atoms with Crippen molar-refractivity contribution in [3.05, 3.63) is 84.5 Å². The Morgan fingerprint density at radius 3 is 2.40 bits per heavy atom. The van der Waals surface area contributed by atoms with Gasteiger partial charge in [0.1, 0.15) is 4.83 Å². The second kappa shape index (κ2) is 11.6. The molecule has 0 fully saturated rings. The summed E-state index contributed by atoms with van der Waals surface area (Å²) >= 11 is 3.01. The Kier molecular flexibility index (Phi) is 8.47. The molecule has 1 N–H and O–H groups in total. The molecule has 5 rings (SSSR count). The third-order valence-corrected chi connectivity index (χ3v) is 11.1. The summed E-state index contributed by atoms with van der Waals surface area (Å²) in [5.41, 5.74) is 9.04. The molecular weight excluding hydrogens is 559 g/mol. The normalized spacial score (nSPS) is 16.0. The molecule has 42 heavy (non-hydrogen) atoms. The summed E-state index contributed by atoms with van der Waals surface area (Å²) in [5, 5.41) is 4.51. The van der Waals surface area contributed by atoms with Crippen LogP contribution in [0.25, 0.3) is 15.9 Å². The summed E-state index contributed by atoms with van der Waals surface area (Å²) in [5.74, 6) is 0.680. The van der Waals surface area contributed by atoms with E-state index in [0.717, 1.165) is 51.9 Å². The topological polar surface area (TPSA) is 64.0 Å². The Labute approximate surface area is 258 Å². The predicted molar refractivity (Wildman–Crippen MR) is 178 cm³/mol. The second-order valence-corrected chi connectivity index (χ2v) is 15.2. The Morgan fingerprint density at radius 2 is 1.74 bits per heavy atom. The van der Waals surface area contributed by atoms with E-state index in [2.05, 4.69) is 59.0 Å². The highest BCUT2D eigenvalue weighted by Gasteiger charge is 2.32. The molecule has 2 unspecified atom stereocenters. The standard InChI is InChI=1S/C35H43N3O2S2/c1-19-11-10-12-20(2)31(19)38-33(40)30-26-14-13-25(35(7,8)9)17-28(26)42-32(30)37-34(38)41-18-29(39)36-24(6)27-16-22(4)21(3)15-23(27)5/h10-12,15-16,24-25H,13-14,17-18H2,1-9H3,(H,36,39). The summed E-state index contributed by atoms with van der Waals surface area (Å²) in [6.07, 6.45) is 2.98. The number of nitrogens with one attached hydrogen (secondary N) is 1. The first-order valence-corrected chi connectivity index (χ1v) is 16.7. The maximum absolute atomic E-state index is 14.4. The number of hydrogen-bond acceptors (Lipinski definition) is 5. The van der Waals surface area contributed by atoms with Crippen molar-refractivity contribution >= 4 is 39.2 Å². The lowest BCUT2D eigenvalue weighted by molar-refractivity contribution is -0.119. The highest BCUT2D eigenvalue weighted by Crippen LogP contribution is 2.42. The Hall–Kier alpha value is -2.90. The molecule has 1 amide bonds. The van der Waals surface area contributed by atoms with Gasteiger partial charge in [0.25, 0.3) is 5.56 Å². The van der Waals surface area contributed by atoms with Gasteiger partial charge < -0.3 is 5.32 Å². The number of para-hydroxylation sites is 1. The Bertz CT molecular complexity index is 1720. The van der Waals surface area contributed by atoms with Gasteiger partial charge in [0.05, 0.1) is 22.9 Å². The van der Waals surface area contributed by atoms with E-state index >= 15 is 0 Å². The van der Waals surface area contributed by atoms with E-state index in [1.54, 1.807) is 15.9 Å². The molecule has 1 aliphatic carbocycles. The third-order valence-electron chi connectivity index (χ3n) is 9.00. The summed E-state index contributed by atoms with van der Waals surface area (Å²) in [6, 6.07) is 10.3. The minimum atomic E-state index is -0.117. The lowest BCUT2D eigenvalue weighted by atomic mass is 9.72. The van der Waals surface area contributed by atoms with Gasteiger partial charge in [-0.15, -0.1) is 11.3 Å². The molecule has 5 nitrogen and oxygen atoms in total. The smallest absolute Gasteiger partial charge is 0.267 e. The van der Waals surface area contributed by atoms with Crippen LogP contribution in [0.15, 0.2) is 40.3 Å². The number of amides is 1. The molecule has 0 saturated carbocycles. The summed E-state index contributed by atoms with van der Waals surface area (Å²) in [4.78, 5) is 34.8. The van der Waals surface area contributed by atoms with Gasteiger partial charge in [-0.1, -0.05) is 62.9 Å². The largest absolute Gasteiger partial charge is 0.349 e. The number of nitrogens with zero attached hydrogens (tertiary/aromatic N) is 2. The second-order valence-electron chi connectivity index (χ2n) is 13.1. The van der Waals surface area contributed by atoms with Crippen LogP contribution in [0.2, 0.25) is 0 Å². The predicted octanol–water partition coefficient (Wildman–Crippen LogP) is 8.11. The molecule has 7 heteroatoms. The number of carbonyl (C=O) groups excluding carboxylic acids is 1. The van der Waals surface area contributed by atoms with Crippen LogP contribution in [0.5, 0.6) is 0 Å². The fourth-order valence-electron chi connectivity index (χ4n) is 6.34. The van der Waals surface area contributed by atoms with Crippen LogP contribution in [-0.2, 0) is 17.6 Å². The van der Waals surface area contributed by atoms with Gasteiger partial charge in [-0.05, 0) is 111 Å². The molecule has 2 atom stereocenters. The average molecular weight is 602 g/mol. The van der Waals surface area contributed by atoms with Crippen LogP contribution in [0.3, 0.4) is 0 Å². The molecule has 0 bridgehead atoms. The highest BCUT2D eigenvalue weighted by molar-refractivity contribution is 7.99. The van der Waals surface area contributed by atoms with Crippen molar-refractivity contribution in [2.24, 2.45) is 11.3 Å². The lowest BCUT2D eigenvalue weighted by Gasteiger charge is -2.33. The molecule has 0 saturated heterocycles. The van der Waals surface area contributed by atoms with Crippen molar-refractivity contribution in [2.75, 3.05) is 5.75 Å². The van der Waals surface area contributed by atoms with Crippen LogP contribution in [0, 0.1) is 46.0 Å². The SMILES string of the molecule is Cc1cc(C)c(C(C)NC(=O)CSc2nc3sc4c(c3c(=O)n2-c2c(C)cccc2C)CCC(C(C)(C)C)C4)cc1C. The van der Waals surface area contributed by atoms with Gasteiger partial charge in [-0.3, -0.25) is 14.2 Å². The minimum Gasteiger partial charge on any atom is -0.349 e. The lowest BCUT2D eigenvalue weighted by Crippen LogP contribution is -2.30. The molecule has 2 heterocycles. The first-order chi connectivity index (χ1) is 19.8. The zero-order chi connectivity index (χ0) is 30.5. The zero-order valence-corrected chi connectivity index (χ0v) is 28.0. The third kappa shape index (κ3) is 5.83. The Balaban J connectivity index is 1.51. The minimum absolute atomic E-state index is 0.0221. The van der Waals surface area contributed by atoms with Gasteiger partial charge in [0, 0.05) is 4.88 Å². The summed E-state index contributed by atoms with van der Waals surface area (Å²) in [7, 11) is 0. The van der Waals surface area contributed by atoms with E-state index in [9.17, 15) is 9.59 Å². The van der Waals surface area contributed by atoms with E-state index in [-0.39, 0.29) is 28.7 Å². The van der Waals surface area contributed by atoms with E-state index in [4.69, 9.17) is 4.98 Å². The monoisotopic (exact) mass is 601 g/mol. The van der Waals surface area contributed by atoms with Gasteiger partial charge in [0.15, 0.2) is 5.16 Å². The molecular formula is C35H43N3O2S2. The van der Waals surface area contributed by atoms with Crippen molar-refractivity contribution < 1.29 is 4.79 Å². The van der Waals surface area contributed by atoms with Crippen molar-refractivity contribution in [2.45, 2.75) is 92.8 Å². The molecule has 0 aliphatic heterocycles. The fourth-order valence-corrected chi connectivity index (χ4v) is 8.49. The molecule has 0 spiro atoms. The van der Waals surface area contributed by atoms with Crippen molar-refractivity contribution in [1.82, 2.24) is 14.9 Å². The van der Waals surface area contributed by atoms with Crippen molar-refractivity contribution in [3.8, 4) is 5.69 Å². The number of fused-ring (bicyclic) bond motifs is 3. The van der Waals surface area contributed by atoms with Gasteiger partial charge >= 0.3 is 0 Å². The quantitative estimate of drug-likeness (QED) is 0.179. The number of carbonyl (C=O) groups is 1. The fraction of sp³-hybridized carbons (Fsp3) is 0.457. The number of rotatable bonds is 6. The molecule has 0 radical (unpaired) electrons. The Morgan fingerprint density at radius 1 is 1.07 bits per heavy atom. The average Bonchev–Trinajstić information content (AvgIpc) is 3.28. The zero-order valence-electron chi connectivity index (χ0n) is 26.4. The van der Waals surface area contributed by atoms with Crippen molar-refractivity contribution in [3.63, 3.8) is 0 Å². The van der Waals surface area contributed by atoms with Crippen molar-refractivity contribution in [1.29, 1.82) is 0 Å². The maximum atomic E-state index is 14.4. The molecule has 4 aromatic rings. The molecule has 1 aliphatic rings. The number of hydrogen-bond donors (Lipinski definition) is 1. The van der Waals surface area contributed by atoms with E-state index in [0.29, 0.717) is 11.1 Å². The van der Waals surface area contributed by atoms with E-state index < -0.39 is 0 Å². The maximum Gasteiger partial charge on any atom is 0.267 e. The molecule has 2 aromatic heterocycles. The van der Waals surface area contributed by atoms with Crippen LogP contribution in [0.1, 0.15) is 84.0 Å². The van der Waals surface area contributed by atoms with Gasteiger partial charge in [0.2, 0.25) is 5.91 Å². The van der Waals surface area contributed by atoms with Crippen LogP contribution in [-0.4, -0.2) is 21.2 Å². The molecule has 222 valence electrons. The number of aryl methyl sites for hydroxylation is 6. The first-order valence-electron chi connectivity index (χ1n) is 14.9. The van der Waals surface area contributed by atoms with Gasteiger partial charge in [-0.25, -0.2) is 4.98 Å². The first kappa shape index (κ1) is 30.6. The van der Waals surface area contributed by atoms with E-state index in [1.165, 1.54) is 38.9 Å². The highest BCUT2D eigenvalue weighted by atomic mass is 32.2. The van der Waals surface area contributed by atoms with Crippen LogP contribution < -0.4 is 10.9 Å². The summed E-state index contributed by atoms with van der Waals surface area (Å²) in [6.45, 7) is 19.3. The number of thiophene rings is 1. The van der Waals surface area contributed by atoms with E-state index in [1.807, 2.05) is 39.0 Å². The number of benzene rings is 2.